The van der Waals surface area contributed by atoms with Gasteiger partial charge in [0.05, 0.1) is 18.2 Å². The second kappa shape index (κ2) is 7.07. The molecule has 4 rings (SSSR count). The summed E-state index contributed by atoms with van der Waals surface area (Å²) in [6.45, 7) is 4.74. The summed E-state index contributed by atoms with van der Waals surface area (Å²) in [4.78, 5) is 13.4. The molecule has 0 aliphatic heterocycles. The van der Waals surface area contributed by atoms with Gasteiger partial charge in [-0.2, -0.15) is 0 Å². The summed E-state index contributed by atoms with van der Waals surface area (Å²) in [5, 5.41) is 3.11. The first-order chi connectivity index (χ1) is 13.1. The van der Waals surface area contributed by atoms with Crippen molar-refractivity contribution >= 4 is 5.91 Å². The molecule has 0 bridgehead atoms. The highest BCUT2D eigenvalue weighted by Gasteiger charge is 2.47. The van der Waals surface area contributed by atoms with Gasteiger partial charge in [-0.05, 0) is 48.1 Å². The first kappa shape index (κ1) is 17.6. The zero-order valence-electron chi connectivity index (χ0n) is 15.8. The zero-order chi connectivity index (χ0) is 18.9. The van der Waals surface area contributed by atoms with Crippen LogP contribution in [0.1, 0.15) is 54.6 Å². The van der Waals surface area contributed by atoms with Gasteiger partial charge in [-0.25, -0.2) is 0 Å². The van der Waals surface area contributed by atoms with Gasteiger partial charge in [0.15, 0.2) is 0 Å². The van der Waals surface area contributed by atoms with E-state index >= 15 is 0 Å². The lowest BCUT2D eigenvalue weighted by Crippen LogP contribution is -2.46. The molecule has 138 valence electrons. The minimum Gasteiger partial charge on any atom is -0.467 e. The minimum absolute atomic E-state index is 0.0303. The minimum atomic E-state index is -0.526. The second-order valence-corrected chi connectivity index (χ2v) is 7.76. The number of fused-ring (bicyclic) bond motifs is 1. The number of hydrogen-bond donors (Lipinski definition) is 1. The highest BCUT2D eigenvalue weighted by atomic mass is 16.3. The number of carbonyl (C=O) groups is 1. The normalized spacial score (nSPS) is 24.2. The van der Waals surface area contributed by atoms with Crippen LogP contribution in [0.15, 0.2) is 77.4 Å². The lowest BCUT2D eigenvalue weighted by atomic mass is 9.59. The van der Waals surface area contributed by atoms with E-state index in [-0.39, 0.29) is 11.8 Å². The van der Waals surface area contributed by atoms with Crippen LogP contribution < -0.4 is 5.32 Å². The van der Waals surface area contributed by atoms with Gasteiger partial charge >= 0.3 is 0 Å². The van der Waals surface area contributed by atoms with Gasteiger partial charge in [-0.3, -0.25) is 4.79 Å². The van der Waals surface area contributed by atoms with E-state index in [4.69, 9.17) is 4.42 Å². The molecule has 3 heteroatoms. The van der Waals surface area contributed by atoms with Crippen LogP contribution in [0.4, 0.5) is 0 Å². The Balaban J connectivity index is 1.74. The average molecular weight is 359 g/mol. The van der Waals surface area contributed by atoms with Crippen LogP contribution in [0, 0.1) is 5.41 Å². The zero-order valence-corrected chi connectivity index (χ0v) is 15.8. The predicted molar refractivity (Wildman–Crippen MR) is 106 cm³/mol. The molecule has 1 heterocycles. The molecule has 3 nitrogen and oxygen atoms in total. The van der Waals surface area contributed by atoms with Gasteiger partial charge in [0.1, 0.15) is 5.76 Å². The Morgan fingerprint density at radius 3 is 2.44 bits per heavy atom. The summed E-state index contributed by atoms with van der Waals surface area (Å²) in [7, 11) is 0. The number of carbonyl (C=O) groups excluding carboxylic acids is 1. The lowest BCUT2D eigenvalue weighted by molar-refractivity contribution is -0.132. The fourth-order valence-electron chi connectivity index (χ4n) is 4.63. The fourth-order valence-corrected chi connectivity index (χ4v) is 4.63. The summed E-state index contributed by atoms with van der Waals surface area (Å²) in [5.74, 6) is 1.21. The monoisotopic (exact) mass is 359 g/mol. The largest absolute Gasteiger partial charge is 0.467 e. The molecule has 2 aromatic carbocycles. The molecule has 3 atom stereocenters. The van der Waals surface area contributed by atoms with Crippen molar-refractivity contribution in [1.29, 1.82) is 0 Å². The Morgan fingerprint density at radius 1 is 1.04 bits per heavy atom. The van der Waals surface area contributed by atoms with Crippen molar-refractivity contribution < 1.29 is 9.21 Å². The van der Waals surface area contributed by atoms with Gasteiger partial charge in [0, 0.05) is 5.92 Å². The van der Waals surface area contributed by atoms with E-state index in [0.717, 1.165) is 12.2 Å². The van der Waals surface area contributed by atoms with Crippen molar-refractivity contribution in [3.05, 3.63) is 95.4 Å². The summed E-state index contributed by atoms with van der Waals surface area (Å²) in [5.41, 5.74) is 3.27. The number of benzene rings is 2. The maximum Gasteiger partial charge on any atom is 0.227 e. The Bertz CT molecular complexity index is 917. The van der Waals surface area contributed by atoms with Crippen molar-refractivity contribution in [2.75, 3.05) is 0 Å². The molecule has 1 aromatic heterocycles. The van der Waals surface area contributed by atoms with Crippen LogP contribution in [0.3, 0.4) is 0 Å². The van der Waals surface area contributed by atoms with Crippen LogP contribution >= 0.6 is 0 Å². The molecule has 1 N–H and O–H groups in total. The number of hydrogen-bond acceptors (Lipinski definition) is 2. The number of furan rings is 1. The van der Waals surface area contributed by atoms with E-state index in [1.165, 1.54) is 16.7 Å². The van der Waals surface area contributed by atoms with Crippen LogP contribution in [-0.4, -0.2) is 5.91 Å². The van der Waals surface area contributed by atoms with E-state index in [1.54, 1.807) is 6.26 Å². The maximum absolute atomic E-state index is 13.4. The molecule has 1 amide bonds. The van der Waals surface area contributed by atoms with E-state index in [2.05, 4.69) is 67.7 Å². The molecule has 3 unspecified atom stereocenters. The highest BCUT2D eigenvalue weighted by molar-refractivity contribution is 5.85. The van der Waals surface area contributed by atoms with E-state index < -0.39 is 5.41 Å². The molecule has 0 spiro atoms. The van der Waals surface area contributed by atoms with Crippen LogP contribution in [-0.2, 0) is 11.3 Å². The van der Waals surface area contributed by atoms with Crippen molar-refractivity contribution in [2.24, 2.45) is 5.41 Å². The number of amides is 1. The van der Waals surface area contributed by atoms with Gasteiger partial charge in [-0.1, -0.05) is 61.5 Å². The molecule has 0 radical (unpaired) electrons. The Morgan fingerprint density at radius 2 is 1.74 bits per heavy atom. The average Bonchev–Trinajstić information content (AvgIpc) is 3.20. The third-order valence-electron chi connectivity index (χ3n) is 5.86. The number of rotatable bonds is 4. The van der Waals surface area contributed by atoms with E-state index in [0.29, 0.717) is 12.5 Å². The summed E-state index contributed by atoms with van der Waals surface area (Å²) in [6, 6.07) is 22.7. The van der Waals surface area contributed by atoms with Crippen LogP contribution in [0.2, 0.25) is 0 Å². The third-order valence-corrected chi connectivity index (χ3v) is 5.86. The molecule has 27 heavy (non-hydrogen) atoms. The third kappa shape index (κ3) is 3.18. The highest BCUT2D eigenvalue weighted by Crippen LogP contribution is 2.53. The molecule has 1 aliphatic rings. The van der Waals surface area contributed by atoms with Gasteiger partial charge in [0.2, 0.25) is 5.91 Å². The van der Waals surface area contributed by atoms with Crippen molar-refractivity contribution in [3.63, 3.8) is 0 Å². The molecule has 0 saturated carbocycles. The number of nitrogens with one attached hydrogen (secondary N) is 1. The first-order valence-electron chi connectivity index (χ1n) is 9.54. The second-order valence-electron chi connectivity index (χ2n) is 7.76. The van der Waals surface area contributed by atoms with Crippen LogP contribution in [0.25, 0.3) is 0 Å². The molecular formula is C24H25NO2. The van der Waals surface area contributed by atoms with E-state index in [9.17, 15) is 4.79 Å². The standard InChI is InChI=1S/C24H25NO2/c1-17-15-24(2,23(26)25-16-19-11-8-14-27-19)22(18-9-4-3-5-10-18)21-13-7-6-12-20(17)21/h3-14,17,22H,15-16H2,1-2H3,(H,25,26). The smallest absolute Gasteiger partial charge is 0.227 e. The summed E-state index contributed by atoms with van der Waals surface area (Å²) < 4.78 is 5.38. The van der Waals surface area contributed by atoms with E-state index in [1.807, 2.05) is 18.2 Å². The Hall–Kier alpha value is -2.81. The maximum atomic E-state index is 13.4. The van der Waals surface area contributed by atoms with Crippen molar-refractivity contribution in [2.45, 2.75) is 38.6 Å². The molecular weight excluding hydrogens is 334 g/mol. The fraction of sp³-hybridized carbons (Fsp3) is 0.292. The first-order valence-corrected chi connectivity index (χ1v) is 9.54. The molecule has 0 saturated heterocycles. The Labute approximate surface area is 160 Å². The topological polar surface area (TPSA) is 42.2 Å². The van der Waals surface area contributed by atoms with Crippen molar-refractivity contribution in [3.8, 4) is 0 Å². The van der Waals surface area contributed by atoms with Gasteiger partial charge in [-0.15, -0.1) is 0 Å². The summed E-state index contributed by atoms with van der Waals surface area (Å²) >= 11 is 0. The van der Waals surface area contributed by atoms with Crippen LogP contribution in [0.5, 0.6) is 0 Å². The van der Waals surface area contributed by atoms with Gasteiger partial charge < -0.3 is 9.73 Å². The molecule has 1 aliphatic carbocycles. The lowest BCUT2D eigenvalue weighted by Gasteiger charge is -2.44. The SMILES string of the molecule is CC1CC(C)(C(=O)NCc2ccco2)C(c2ccccc2)c2ccccc21. The molecule has 3 aromatic rings. The predicted octanol–water partition coefficient (Wildman–Crippen LogP) is 5.24. The Kier molecular flexibility index (Phi) is 4.61. The molecule has 0 fully saturated rings. The van der Waals surface area contributed by atoms with Crippen molar-refractivity contribution in [1.82, 2.24) is 5.32 Å². The summed E-state index contributed by atoms with van der Waals surface area (Å²) in [6.07, 6.45) is 2.45. The quantitative estimate of drug-likeness (QED) is 0.692. The van der Waals surface area contributed by atoms with Gasteiger partial charge in [0.25, 0.3) is 0 Å².